The van der Waals surface area contributed by atoms with Crippen LogP contribution >= 0.6 is 11.6 Å². The molecular formula is C16H17ClFN. The Balaban J connectivity index is 2.63. The molecule has 0 unspecified atom stereocenters. The van der Waals surface area contributed by atoms with Crippen LogP contribution < -0.4 is 5.32 Å². The second-order valence-corrected chi connectivity index (χ2v) is 5.18. The van der Waals surface area contributed by atoms with Crippen LogP contribution in [0.3, 0.4) is 0 Å². The minimum absolute atomic E-state index is 0.267. The number of benzene rings is 2. The van der Waals surface area contributed by atoms with E-state index < -0.39 is 0 Å². The van der Waals surface area contributed by atoms with Crippen LogP contribution in [0.25, 0.3) is 11.1 Å². The molecule has 0 aliphatic rings. The first-order chi connectivity index (χ1) is 9.02. The Hall–Kier alpha value is -1.38. The number of hydrogen-bond donors (Lipinski definition) is 1. The highest BCUT2D eigenvalue weighted by Crippen LogP contribution is 2.33. The van der Waals surface area contributed by atoms with E-state index in [1.54, 1.807) is 6.92 Å². The molecule has 0 aromatic heterocycles. The number of aryl methyl sites for hydroxylation is 2. The van der Waals surface area contributed by atoms with Crippen LogP contribution in [0.4, 0.5) is 4.39 Å². The van der Waals surface area contributed by atoms with Crippen molar-refractivity contribution in [3.63, 3.8) is 0 Å². The molecule has 0 fully saturated rings. The molecule has 0 atom stereocenters. The molecule has 0 saturated carbocycles. The lowest BCUT2D eigenvalue weighted by Crippen LogP contribution is -2.06. The van der Waals surface area contributed by atoms with Crippen LogP contribution in [-0.4, -0.2) is 7.05 Å². The van der Waals surface area contributed by atoms with E-state index in [2.05, 4.69) is 23.5 Å². The molecule has 0 heterocycles. The molecule has 2 aromatic rings. The highest BCUT2D eigenvalue weighted by atomic mass is 35.5. The summed E-state index contributed by atoms with van der Waals surface area (Å²) >= 11 is 6.20. The van der Waals surface area contributed by atoms with Crippen molar-refractivity contribution in [3.8, 4) is 11.1 Å². The van der Waals surface area contributed by atoms with Crippen molar-refractivity contribution in [1.29, 1.82) is 0 Å². The molecule has 2 aromatic carbocycles. The van der Waals surface area contributed by atoms with E-state index in [0.29, 0.717) is 10.6 Å². The molecule has 0 spiro atoms. The van der Waals surface area contributed by atoms with Gasteiger partial charge in [0.15, 0.2) is 0 Å². The number of halogens is 2. The van der Waals surface area contributed by atoms with Gasteiger partial charge in [0.05, 0.1) is 5.02 Å². The van der Waals surface area contributed by atoms with Gasteiger partial charge in [0.1, 0.15) is 5.82 Å². The van der Waals surface area contributed by atoms with Gasteiger partial charge in [0.2, 0.25) is 0 Å². The fourth-order valence-corrected chi connectivity index (χ4v) is 2.40. The third-order valence-corrected chi connectivity index (χ3v) is 3.48. The van der Waals surface area contributed by atoms with Gasteiger partial charge >= 0.3 is 0 Å². The van der Waals surface area contributed by atoms with Crippen molar-refractivity contribution in [2.45, 2.75) is 20.4 Å². The highest BCUT2D eigenvalue weighted by molar-refractivity contribution is 6.33. The number of nitrogens with one attached hydrogen (secondary N) is 1. The van der Waals surface area contributed by atoms with E-state index in [4.69, 9.17) is 11.6 Å². The molecule has 0 aliphatic carbocycles. The average molecular weight is 278 g/mol. The van der Waals surface area contributed by atoms with E-state index in [1.807, 2.05) is 20.0 Å². The van der Waals surface area contributed by atoms with E-state index in [1.165, 1.54) is 6.07 Å². The molecule has 0 bridgehead atoms. The zero-order valence-corrected chi connectivity index (χ0v) is 12.1. The lowest BCUT2D eigenvalue weighted by Gasteiger charge is -2.13. The summed E-state index contributed by atoms with van der Waals surface area (Å²) in [6, 6.07) is 9.44. The molecule has 0 aliphatic heterocycles. The van der Waals surface area contributed by atoms with Crippen molar-refractivity contribution in [3.05, 3.63) is 57.9 Å². The Morgan fingerprint density at radius 2 is 1.84 bits per heavy atom. The summed E-state index contributed by atoms with van der Waals surface area (Å²) in [6.45, 7) is 4.54. The van der Waals surface area contributed by atoms with Crippen molar-refractivity contribution < 1.29 is 4.39 Å². The normalized spacial score (nSPS) is 10.8. The maximum Gasteiger partial charge on any atom is 0.127 e. The number of rotatable bonds is 3. The Kier molecular flexibility index (Phi) is 4.23. The number of hydrogen-bond acceptors (Lipinski definition) is 1. The summed E-state index contributed by atoms with van der Waals surface area (Å²) in [7, 11) is 1.90. The van der Waals surface area contributed by atoms with Crippen LogP contribution in [-0.2, 0) is 6.54 Å². The van der Waals surface area contributed by atoms with Gasteiger partial charge in [0.25, 0.3) is 0 Å². The molecule has 1 nitrogen and oxygen atoms in total. The monoisotopic (exact) mass is 277 g/mol. The smallest absolute Gasteiger partial charge is 0.127 e. The van der Waals surface area contributed by atoms with Gasteiger partial charge in [-0.15, -0.1) is 0 Å². The summed E-state index contributed by atoms with van der Waals surface area (Å²) in [4.78, 5) is 0. The summed E-state index contributed by atoms with van der Waals surface area (Å²) in [5, 5.41) is 3.59. The predicted molar refractivity (Wildman–Crippen MR) is 79.1 cm³/mol. The van der Waals surface area contributed by atoms with Gasteiger partial charge < -0.3 is 5.32 Å². The summed E-state index contributed by atoms with van der Waals surface area (Å²) in [5.74, 6) is -0.267. The maximum absolute atomic E-state index is 13.5. The molecule has 0 amide bonds. The van der Waals surface area contributed by atoms with Crippen LogP contribution in [0.15, 0.2) is 30.3 Å². The quantitative estimate of drug-likeness (QED) is 0.872. The van der Waals surface area contributed by atoms with E-state index in [9.17, 15) is 4.39 Å². The molecule has 0 radical (unpaired) electrons. The van der Waals surface area contributed by atoms with Gasteiger partial charge in [0, 0.05) is 12.1 Å². The molecular weight excluding hydrogens is 261 g/mol. The predicted octanol–water partition coefficient (Wildman–Crippen LogP) is 4.48. The first-order valence-corrected chi connectivity index (χ1v) is 6.61. The molecule has 3 heteroatoms. The molecule has 1 N–H and O–H groups in total. The highest BCUT2D eigenvalue weighted by Gasteiger charge is 2.11. The lowest BCUT2D eigenvalue weighted by atomic mass is 9.96. The zero-order valence-electron chi connectivity index (χ0n) is 11.3. The Bertz CT molecular complexity index is 608. The first-order valence-electron chi connectivity index (χ1n) is 6.23. The van der Waals surface area contributed by atoms with Crippen molar-refractivity contribution in [1.82, 2.24) is 5.32 Å². The van der Waals surface area contributed by atoms with Gasteiger partial charge in [-0.1, -0.05) is 35.4 Å². The molecule has 19 heavy (non-hydrogen) atoms. The average Bonchev–Trinajstić information content (AvgIpc) is 2.36. The summed E-state index contributed by atoms with van der Waals surface area (Å²) < 4.78 is 13.5. The molecule has 100 valence electrons. The van der Waals surface area contributed by atoms with Crippen LogP contribution in [0, 0.1) is 19.7 Å². The zero-order chi connectivity index (χ0) is 14.0. The molecule has 0 saturated heterocycles. The molecule has 2 rings (SSSR count). The fourth-order valence-electron chi connectivity index (χ4n) is 2.15. The van der Waals surface area contributed by atoms with Crippen molar-refractivity contribution >= 4 is 11.6 Å². The largest absolute Gasteiger partial charge is 0.316 e. The Labute approximate surface area is 118 Å². The SMILES string of the molecule is CNCc1ccc(C)cc1-c1cc(C)c(F)cc1Cl. The van der Waals surface area contributed by atoms with Crippen molar-refractivity contribution in [2.24, 2.45) is 0 Å². The van der Waals surface area contributed by atoms with Crippen molar-refractivity contribution in [2.75, 3.05) is 7.05 Å². The minimum atomic E-state index is -0.267. The Morgan fingerprint density at radius 1 is 1.11 bits per heavy atom. The minimum Gasteiger partial charge on any atom is -0.316 e. The third-order valence-electron chi connectivity index (χ3n) is 3.17. The first kappa shape index (κ1) is 14.0. The maximum atomic E-state index is 13.5. The second kappa shape index (κ2) is 5.72. The van der Waals surface area contributed by atoms with Crippen LogP contribution in [0.5, 0.6) is 0 Å². The van der Waals surface area contributed by atoms with E-state index in [0.717, 1.165) is 28.8 Å². The van der Waals surface area contributed by atoms with Crippen LogP contribution in [0.2, 0.25) is 5.02 Å². The van der Waals surface area contributed by atoms with Gasteiger partial charge in [-0.3, -0.25) is 0 Å². The Morgan fingerprint density at radius 3 is 2.53 bits per heavy atom. The third kappa shape index (κ3) is 2.96. The van der Waals surface area contributed by atoms with E-state index in [-0.39, 0.29) is 5.82 Å². The van der Waals surface area contributed by atoms with Crippen LogP contribution in [0.1, 0.15) is 16.7 Å². The van der Waals surface area contributed by atoms with E-state index >= 15 is 0 Å². The standard InChI is InChI=1S/C16H17ClFN/c1-10-4-5-12(9-19-3)13(6-10)14-7-11(2)16(18)8-15(14)17/h4-8,19H,9H2,1-3H3. The lowest BCUT2D eigenvalue weighted by molar-refractivity contribution is 0.619. The van der Waals surface area contributed by atoms with Gasteiger partial charge in [-0.05, 0) is 49.7 Å². The summed E-state index contributed by atoms with van der Waals surface area (Å²) in [5.41, 5.74) is 4.86. The van der Waals surface area contributed by atoms with Gasteiger partial charge in [-0.2, -0.15) is 0 Å². The topological polar surface area (TPSA) is 12.0 Å². The van der Waals surface area contributed by atoms with Gasteiger partial charge in [-0.25, -0.2) is 4.39 Å². The second-order valence-electron chi connectivity index (χ2n) is 4.77. The fraction of sp³-hybridized carbons (Fsp3) is 0.250. The summed E-state index contributed by atoms with van der Waals surface area (Å²) in [6.07, 6.45) is 0.